The Morgan fingerprint density at radius 1 is 1.30 bits per heavy atom. The Hall–Kier alpha value is -2.45. The number of methoxy groups -OCH3 is 1. The number of phenolic OH excluding ortho intramolecular Hbond substituents is 1. The number of phenols is 1. The highest BCUT2D eigenvalue weighted by Gasteiger charge is 2.24. The molecule has 1 amide bonds. The van der Waals surface area contributed by atoms with E-state index >= 15 is 0 Å². The number of rotatable bonds is 5. The summed E-state index contributed by atoms with van der Waals surface area (Å²) in [6, 6.07) is 10.6. The molecule has 2 aromatic rings. The molecule has 0 bridgehead atoms. The van der Waals surface area contributed by atoms with Gasteiger partial charge < -0.3 is 19.9 Å². The number of halogens is 1. The fourth-order valence-electron chi connectivity index (χ4n) is 2.35. The molecule has 0 saturated carbocycles. The molecule has 6 nitrogen and oxygen atoms in total. The second kappa shape index (κ2) is 8.49. The molecule has 0 atom stereocenters. The third-order valence-corrected chi connectivity index (χ3v) is 5.12. The van der Waals surface area contributed by atoms with E-state index in [0.29, 0.717) is 32.6 Å². The Balaban J connectivity index is 1.83. The van der Waals surface area contributed by atoms with E-state index in [9.17, 15) is 9.90 Å². The average Bonchev–Trinajstić information content (AvgIpc) is 2.99. The van der Waals surface area contributed by atoms with Crippen LogP contribution in [-0.2, 0) is 4.79 Å². The Kier molecular flexibility index (Phi) is 6.08. The second-order valence-corrected chi connectivity index (χ2v) is 7.35. The second-order valence-electron chi connectivity index (χ2n) is 5.46. The van der Waals surface area contributed by atoms with Crippen LogP contribution in [0.2, 0.25) is 0 Å². The van der Waals surface area contributed by atoms with Crippen LogP contribution in [-0.4, -0.2) is 29.9 Å². The van der Waals surface area contributed by atoms with Crippen molar-refractivity contribution in [3.8, 4) is 17.2 Å². The monoisotopic (exact) mass is 448 g/mol. The molecule has 1 fully saturated rings. The zero-order valence-corrected chi connectivity index (χ0v) is 17.1. The number of nitrogens with one attached hydrogen (secondary N) is 1. The van der Waals surface area contributed by atoms with E-state index in [-0.39, 0.29) is 11.7 Å². The Labute approximate surface area is 169 Å². The minimum absolute atomic E-state index is 0.0317. The number of hydrogen-bond acceptors (Lipinski definition) is 6. The van der Waals surface area contributed by atoms with Crippen molar-refractivity contribution in [1.29, 1.82) is 0 Å². The Morgan fingerprint density at radius 3 is 2.70 bits per heavy atom. The van der Waals surface area contributed by atoms with Gasteiger partial charge in [0, 0.05) is 0 Å². The fraction of sp³-hybridized carbons (Fsp3) is 0.158. The third-order valence-electron chi connectivity index (χ3n) is 3.60. The Morgan fingerprint density at radius 2 is 2.04 bits per heavy atom. The molecule has 2 aromatic carbocycles. The highest BCUT2D eigenvalue weighted by molar-refractivity contribution is 9.10. The lowest BCUT2D eigenvalue weighted by atomic mass is 10.2. The minimum Gasteiger partial charge on any atom is -0.503 e. The lowest BCUT2D eigenvalue weighted by Gasteiger charge is -2.08. The van der Waals surface area contributed by atoms with Crippen LogP contribution in [0.5, 0.6) is 17.2 Å². The number of benzene rings is 2. The number of carbonyl (C=O) groups is 1. The molecule has 3 rings (SSSR count). The minimum atomic E-state index is -0.227. The number of nitrogens with zero attached hydrogens (tertiary/aromatic N) is 1. The van der Waals surface area contributed by atoms with Gasteiger partial charge in [-0.25, -0.2) is 4.99 Å². The number of ether oxygens (including phenoxy) is 2. The number of amides is 1. The number of thioether (sulfide) groups is 1. The van der Waals surface area contributed by atoms with Crippen molar-refractivity contribution in [2.45, 2.75) is 6.92 Å². The van der Waals surface area contributed by atoms with Gasteiger partial charge in [-0.1, -0.05) is 0 Å². The van der Waals surface area contributed by atoms with E-state index in [4.69, 9.17) is 9.47 Å². The highest BCUT2D eigenvalue weighted by atomic mass is 79.9. The molecule has 1 saturated heterocycles. The summed E-state index contributed by atoms with van der Waals surface area (Å²) < 4.78 is 11.0. The molecule has 2 N–H and O–H groups in total. The first-order chi connectivity index (χ1) is 13.0. The van der Waals surface area contributed by atoms with Gasteiger partial charge in [0.2, 0.25) is 0 Å². The van der Waals surface area contributed by atoms with Crippen LogP contribution in [0, 0.1) is 0 Å². The van der Waals surface area contributed by atoms with Crippen LogP contribution < -0.4 is 14.8 Å². The van der Waals surface area contributed by atoms with E-state index in [1.54, 1.807) is 37.5 Å². The van der Waals surface area contributed by atoms with Gasteiger partial charge in [-0.05, 0) is 82.7 Å². The Bertz CT molecular complexity index is 926. The molecule has 0 unspecified atom stereocenters. The van der Waals surface area contributed by atoms with Gasteiger partial charge >= 0.3 is 0 Å². The SMILES string of the molecule is CCOc1cc(/C=C2/SC(=Nc3ccc(OC)cc3)NC2=O)cc(Br)c1O. The molecule has 0 radical (unpaired) electrons. The van der Waals surface area contributed by atoms with Crippen molar-refractivity contribution in [1.82, 2.24) is 5.32 Å². The number of carbonyl (C=O) groups excluding carboxylic acids is 1. The standard InChI is InChI=1S/C19H17BrN2O4S/c1-3-26-15-9-11(8-14(20)17(15)23)10-16-18(24)22-19(27-16)21-12-4-6-13(25-2)7-5-12/h4-10,23H,3H2,1-2H3,(H,21,22,24)/b16-10+. The zero-order valence-electron chi connectivity index (χ0n) is 14.7. The molecule has 1 aliphatic heterocycles. The molecule has 0 aliphatic carbocycles. The van der Waals surface area contributed by atoms with Crippen LogP contribution in [0.15, 0.2) is 50.8 Å². The van der Waals surface area contributed by atoms with Gasteiger partial charge in [-0.2, -0.15) is 0 Å². The van der Waals surface area contributed by atoms with E-state index in [1.165, 1.54) is 11.8 Å². The van der Waals surface area contributed by atoms with Gasteiger partial charge in [0.25, 0.3) is 5.91 Å². The first-order valence-electron chi connectivity index (χ1n) is 8.09. The van der Waals surface area contributed by atoms with Crippen LogP contribution in [0.1, 0.15) is 12.5 Å². The van der Waals surface area contributed by atoms with Gasteiger partial charge in [0.1, 0.15) is 5.75 Å². The van der Waals surface area contributed by atoms with Crippen molar-refractivity contribution in [2.24, 2.45) is 4.99 Å². The summed E-state index contributed by atoms with van der Waals surface area (Å²) in [6.07, 6.45) is 1.73. The van der Waals surface area contributed by atoms with Crippen LogP contribution >= 0.6 is 27.7 Å². The maximum Gasteiger partial charge on any atom is 0.264 e. The first-order valence-corrected chi connectivity index (χ1v) is 9.70. The normalized spacial score (nSPS) is 16.6. The highest BCUT2D eigenvalue weighted by Crippen LogP contribution is 2.37. The number of aromatic hydroxyl groups is 1. The van der Waals surface area contributed by atoms with Crippen LogP contribution in [0.3, 0.4) is 0 Å². The lowest BCUT2D eigenvalue weighted by Crippen LogP contribution is -2.19. The molecular weight excluding hydrogens is 432 g/mol. The summed E-state index contributed by atoms with van der Waals surface area (Å²) in [4.78, 5) is 17.2. The molecule has 1 heterocycles. The number of aliphatic imine (C=N–C) groups is 1. The third kappa shape index (κ3) is 4.64. The first kappa shape index (κ1) is 19.3. The summed E-state index contributed by atoms with van der Waals surface area (Å²) in [6.45, 7) is 2.26. The molecule has 0 aromatic heterocycles. The van der Waals surface area contributed by atoms with E-state index in [0.717, 1.165) is 11.3 Å². The summed E-state index contributed by atoms with van der Waals surface area (Å²) in [7, 11) is 1.60. The quantitative estimate of drug-likeness (QED) is 0.660. The van der Waals surface area contributed by atoms with Crippen molar-refractivity contribution in [2.75, 3.05) is 13.7 Å². The smallest absolute Gasteiger partial charge is 0.264 e. The molecule has 8 heteroatoms. The largest absolute Gasteiger partial charge is 0.503 e. The van der Waals surface area contributed by atoms with Crippen molar-refractivity contribution in [3.63, 3.8) is 0 Å². The van der Waals surface area contributed by atoms with E-state index in [2.05, 4.69) is 26.2 Å². The molecule has 1 aliphatic rings. The van der Waals surface area contributed by atoms with Crippen molar-refractivity contribution in [3.05, 3.63) is 51.3 Å². The summed E-state index contributed by atoms with van der Waals surface area (Å²) in [5, 5.41) is 13.3. The molecule has 140 valence electrons. The molecular formula is C19H17BrN2O4S. The van der Waals surface area contributed by atoms with Gasteiger partial charge in [0.05, 0.1) is 28.8 Å². The lowest BCUT2D eigenvalue weighted by molar-refractivity contribution is -0.115. The topological polar surface area (TPSA) is 80.2 Å². The van der Waals surface area contributed by atoms with Gasteiger partial charge in [-0.15, -0.1) is 0 Å². The number of amidine groups is 1. The zero-order chi connectivity index (χ0) is 19.4. The van der Waals surface area contributed by atoms with Crippen molar-refractivity contribution >= 4 is 50.5 Å². The predicted octanol–water partition coefficient (Wildman–Crippen LogP) is 4.45. The van der Waals surface area contributed by atoms with Gasteiger partial charge in [0.15, 0.2) is 16.7 Å². The summed E-state index contributed by atoms with van der Waals surface area (Å²) in [5.41, 5.74) is 1.44. The van der Waals surface area contributed by atoms with E-state index < -0.39 is 0 Å². The maximum atomic E-state index is 12.2. The maximum absolute atomic E-state index is 12.2. The van der Waals surface area contributed by atoms with Gasteiger partial charge in [-0.3, -0.25) is 4.79 Å². The number of hydrogen-bond donors (Lipinski definition) is 2. The average molecular weight is 449 g/mol. The summed E-state index contributed by atoms with van der Waals surface area (Å²) in [5.74, 6) is 0.901. The summed E-state index contributed by atoms with van der Waals surface area (Å²) >= 11 is 4.55. The predicted molar refractivity (Wildman–Crippen MR) is 111 cm³/mol. The van der Waals surface area contributed by atoms with Crippen LogP contribution in [0.4, 0.5) is 5.69 Å². The van der Waals surface area contributed by atoms with Crippen molar-refractivity contribution < 1.29 is 19.4 Å². The molecule has 0 spiro atoms. The van der Waals surface area contributed by atoms with E-state index in [1.807, 2.05) is 19.1 Å². The van der Waals surface area contributed by atoms with Crippen LogP contribution in [0.25, 0.3) is 6.08 Å². The molecule has 27 heavy (non-hydrogen) atoms. The fourth-order valence-corrected chi connectivity index (χ4v) is 3.65.